The highest BCUT2D eigenvalue weighted by Gasteiger charge is 2.32. The third kappa shape index (κ3) is 2.12. The molecule has 2 aromatic rings. The third-order valence-corrected chi connectivity index (χ3v) is 4.25. The Hall–Kier alpha value is -1.88. The van der Waals surface area contributed by atoms with Gasteiger partial charge in [0.15, 0.2) is 11.6 Å². The van der Waals surface area contributed by atoms with Gasteiger partial charge in [-0.3, -0.25) is 0 Å². The Morgan fingerprint density at radius 1 is 1.38 bits per heavy atom. The minimum atomic E-state index is -0.326. The first-order chi connectivity index (χ1) is 10.3. The highest BCUT2D eigenvalue weighted by atomic mass is 19.1. The lowest BCUT2D eigenvalue weighted by Gasteiger charge is -2.17. The average molecular weight is 287 g/mol. The predicted molar refractivity (Wildman–Crippen MR) is 77.5 cm³/mol. The summed E-state index contributed by atoms with van der Waals surface area (Å²) in [6, 6.07) is 5.15. The smallest absolute Gasteiger partial charge is 0.167 e. The van der Waals surface area contributed by atoms with Crippen molar-refractivity contribution in [2.45, 2.75) is 31.7 Å². The van der Waals surface area contributed by atoms with Crippen LogP contribution in [0.5, 0.6) is 5.75 Å². The largest absolute Gasteiger partial charge is 0.494 e. The molecule has 5 heteroatoms. The molecule has 0 saturated heterocycles. The van der Waals surface area contributed by atoms with Gasteiger partial charge < -0.3 is 14.6 Å². The zero-order valence-corrected chi connectivity index (χ0v) is 12.0. The molecule has 110 valence electrons. The summed E-state index contributed by atoms with van der Waals surface area (Å²) in [6.07, 6.45) is 3.30. The average Bonchev–Trinajstić information content (AvgIpc) is 3.27. The summed E-state index contributed by atoms with van der Waals surface area (Å²) in [7, 11) is 1.48. The van der Waals surface area contributed by atoms with Gasteiger partial charge in [-0.1, -0.05) is 0 Å². The summed E-state index contributed by atoms with van der Waals surface area (Å²) in [5.41, 5.74) is 3.19. The molecule has 0 bridgehead atoms. The molecular weight excluding hydrogens is 269 g/mol. The molecule has 1 N–H and O–H groups in total. The quantitative estimate of drug-likeness (QED) is 0.943. The fourth-order valence-electron chi connectivity index (χ4n) is 3.03. The molecule has 1 saturated carbocycles. The van der Waals surface area contributed by atoms with E-state index < -0.39 is 0 Å². The number of nitrogens with zero attached hydrogens (tertiary/aromatic N) is 2. The molecule has 0 radical (unpaired) electrons. The molecule has 2 aliphatic rings. The van der Waals surface area contributed by atoms with Crippen LogP contribution >= 0.6 is 0 Å². The SMILES string of the molecule is COc1ccc(-n2c(C3CC3)nc3c2CCNC3)cc1F. The minimum Gasteiger partial charge on any atom is -0.494 e. The van der Waals surface area contributed by atoms with Gasteiger partial charge in [0.1, 0.15) is 5.82 Å². The zero-order chi connectivity index (χ0) is 14.4. The van der Waals surface area contributed by atoms with Crippen LogP contribution < -0.4 is 10.1 Å². The number of hydrogen-bond acceptors (Lipinski definition) is 3. The van der Waals surface area contributed by atoms with Crippen LogP contribution in [0.15, 0.2) is 18.2 Å². The Kier molecular flexibility index (Phi) is 2.96. The van der Waals surface area contributed by atoms with E-state index in [2.05, 4.69) is 9.88 Å². The molecule has 1 aliphatic carbocycles. The second kappa shape index (κ2) is 4.84. The molecule has 2 heterocycles. The molecule has 4 rings (SSSR count). The standard InChI is InChI=1S/C16H18FN3O/c1-21-15-5-4-11(8-12(15)17)20-14-6-7-18-9-13(14)19-16(20)10-2-3-10/h4-5,8,10,18H,2-3,6-7,9H2,1H3. The van der Waals surface area contributed by atoms with Crippen LogP contribution in [-0.2, 0) is 13.0 Å². The first kappa shape index (κ1) is 12.8. The van der Waals surface area contributed by atoms with Crippen LogP contribution in [0.3, 0.4) is 0 Å². The minimum absolute atomic E-state index is 0.280. The summed E-state index contributed by atoms with van der Waals surface area (Å²) in [5, 5.41) is 3.35. The maximum Gasteiger partial charge on any atom is 0.167 e. The molecule has 0 atom stereocenters. The second-order valence-electron chi connectivity index (χ2n) is 5.72. The summed E-state index contributed by atoms with van der Waals surface area (Å²) in [5.74, 6) is 1.57. The normalized spacial score (nSPS) is 17.6. The molecule has 4 nitrogen and oxygen atoms in total. The molecule has 1 aliphatic heterocycles. The van der Waals surface area contributed by atoms with Crippen LogP contribution in [0.2, 0.25) is 0 Å². The van der Waals surface area contributed by atoms with Crippen molar-refractivity contribution in [3.8, 4) is 11.4 Å². The number of methoxy groups -OCH3 is 1. The Balaban J connectivity index is 1.86. The topological polar surface area (TPSA) is 39.1 Å². The predicted octanol–water partition coefficient (Wildman–Crippen LogP) is 2.54. The van der Waals surface area contributed by atoms with E-state index in [1.165, 1.54) is 25.6 Å². The van der Waals surface area contributed by atoms with E-state index in [9.17, 15) is 4.39 Å². The van der Waals surface area contributed by atoms with E-state index in [4.69, 9.17) is 9.72 Å². The Morgan fingerprint density at radius 3 is 2.95 bits per heavy atom. The van der Waals surface area contributed by atoms with Crippen molar-refractivity contribution in [1.29, 1.82) is 0 Å². The third-order valence-electron chi connectivity index (χ3n) is 4.25. The summed E-state index contributed by atoms with van der Waals surface area (Å²) in [4.78, 5) is 4.81. The van der Waals surface area contributed by atoms with E-state index in [1.54, 1.807) is 12.1 Å². The Morgan fingerprint density at radius 2 is 2.24 bits per heavy atom. The summed E-state index contributed by atoms with van der Waals surface area (Å²) in [6.45, 7) is 1.75. The highest BCUT2D eigenvalue weighted by Crippen LogP contribution is 2.41. The number of benzene rings is 1. The molecular formula is C16H18FN3O. The van der Waals surface area contributed by atoms with Gasteiger partial charge in [-0.05, 0) is 25.0 Å². The van der Waals surface area contributed by atoms with Gasteiger partial charge in [0.2, 0.25) is 0 Å². The molecule has 21 heavy (non-hydrogen) atoms. The monoisotopic (exact) mass is 287 g/mol. The van der Waals surface area contributed by atoms with Gasteiger partial charge in [0.05, 0.1) is 18.5 Å². The van der Waals surface area contributed by atoms with Crippen molar-refractivity contribution < 1.29 is 9.13 Å². The number of fused-ring (bicyclic) bond motifs is 1. The number of aromatic nitrogens is 2. The first-order valence-electron chi connectivity index (χ1n) is 7.43. The molecule has 1 aromatic heterocycles. The molecule has 0 unspecified atom stereocenters. The first-order valence-corrected chi connectivity index (χ1v) is 7.43. The number of nitrogens with one attached hydrogen (secondary N) is 1. The van der Waals surface area contributed by atoms with Crippen LogP contribution in [-0.4, -0.2) is 23.2 Å². The fourth-order valence-corrected chi connectivity index (χ4v) is 3.03. The zero-order valence-electron chi connectivity index (χ0n) is 12.0. The van der Waals surface area contributed by atoms with Gasteiger partial charge in [0.25, 0.3) is 0 Å². The van der Waals surface area contributed by atoms with E-state index in [-0.39, 0.29) is 11.6 Å². The van der Waals surface area contributed by atoms with E-state index in [1.807, 2.05) is 6.07 Å². The number of halogens is 1. The van der Waals surface area contributed by atoms with Crippen molar-refractivity contribution in [2.24, 2.45) is 0 Å². The highest BCUT2D eigenvalue weighted by molar-refractivity contribution is 5.43. The van der Waals surface area contributed by atoms with E-state index >= 15 is 0 Å². The maximum atomic E-state index is 14.1. The van der Waals surface area contributed by atoms with Crippen molar-refractivity contribution in [2.75, 3.05) is 13.7 Å². The Bertz CT molecular complexity index is 691. The van der Waals surface area contributed by atoms with Crippen molar-refractivity contribution in [3.63, 3.8) is 0 Å². The van der Waals surface area contributed by atoms with Crippen molar-refractivity contribution in [1.82, 2.24) is 14.9 Å². The van der Waals surface area contributed by atoms with Crippen molar-refractivity contribution in [3.05, 3.63) is 41.2 Å². The molecule has 0 amide bonds. The number of rotatable bonds is 3. The van der Waals surface area contributed by atoms with Crippen LogP contribution in [0.25, 0.3) is 5.69 Å². The molecule has 0 spiro atoms. The number of ether oxygens (including phenoxy) is 1. The molecule has 1 fully saturated rings. The van der Waals surface area contributed by atoms with Gasteiger partial charge >= 0.3 is 0 Å². The van der Waals surface area contributed by atoms with E-state index in [0.717, 1.165) is 36.7 Å². The lowest BCUT2D eigenvalue weighted by molar-refractivity contribution is 0.386. The van der Waals surface area contributed by atoms with Crippen LogP contribution in [0, 0.1) is 5.82 Å². The summed E-state index contributed by atoms with van der Waals surface area (Å²) >= 11 is 0. The lowest BCUT2D eigenvalue weighted by Crippen LogP contribution is -2.24. The lowest BCUT2D eigenvalue weighted by atomic mass is 10.1. The van der Waals surface area contributed by atoms with Crippen LogP contribution in [0.1, 0.15) is 36.0 Å². The Labute approximate surface area is 122 Å². The van der Waals surface area contributed by atoms with Gasteiger partial charge in [0, 0.05) is 37.2 Å². The van der Waals surface area contributed by atoms with Gasteiger partial charge in [-0.15, -0.1) is 0 Å². The maximum absolute atomic E-state index is 14.1. The summed E-state index contributed by atoms with van der Waals surface area (Å²) < 4.78 is 21.2. The van der Waals surface area contributed by atoms with Crippen LogP contribution in [0.4, 0.5) is 4.39 Å². The van der Waals surface area contributed by atoms with Gasteiger partial charge in [-0.2, -0.15) is 0 Å². The number of imidazole rings is 1. The molecule has 1 aromatic carbocycles. The second-order valence-corrected chi connectivity index (χ2v) is 5.72. The van der Waals surface area contributed by atoms with Crippen molar-refractivity contribution >= 4 is 0 Å². The fraction of sp³-hybridized carbons (Fsp3) is 0.438. The van der Waals surface area contributed by atoms with E-state index in [0.29, 0.717) is 5.92 Å². The van der Waals surface area contributed by atoms with Gasteiger partial charge in [-0.25, -0.2) is 9.37 Å². The number of hydrogen-bond donors (Lipinski definition) is 1.